The Balaban J connectivity index is 1.54. The molecule has 0 radical (unpaired) electrons. The lowest BCUT2D eigenvalue weighted by molar-refractivity contribution is -0.387. The van der Waals surface area contributed by atoms with E-state index in [0.717, 1.165) is 25.8 Å². The van der Waals surface area contributed by atoms with E-state index in [1.807, 2.05) is 0 Å². The smallest absolute Gasteiger partial charge is 0.289 e. The van der Waals surface area contributed by atoms with E-state index >= 15 is 0 Å². The average molecular weight is 416 g/mol. The molecule has 4 rings (SSSR count). The summed E-state index contributed by atoms with van der Waals surface area (Å²) in [5, 5.41) is 11.3. The summed E-state index contributed by atoms with van der Waals surface area (Å²) in [6.07, 6.45) is 2.51. The Morgan fingerprint density at radius 1 is 1.00 bits per heavy atom. The van der Waals surface area contributed by atoms with Crippen molar-refractivity contribution >= 4 is 15.7 Å². The number of piperidine rings is 1. The Labute approximate surface area is 171 Å². The van der Waals surface area contributed by atoms with Crippen molar-refractivity contribution in [2.45, 2.75) is 30.2 Å². The molecule has 2 aromatic rings. The third-order valence-electron chi connectivity index (χ3n) is 6.21. The zero-order valence-electron chi connectivity index (χ0n) is 16.4. The highest BCUT2D eigenvalue weighted by Gasteiger charge is 2.38. The van der Waals surface area contributed by atoms with Crippen molar-refractivity contribution in [2.24, 2.45) is 5.92 Å². The van der Waals surface area contributed by atoms with Crippen molar-refractivity contribution in [1.82, 2.24) is 9.21 Å². The van der Waals surface area contributed by atoms with Gasteiger partial charge in [0.25, 0.3) is 5.69 Å². The second-order valence-corrected chi connectivity index (χ2v) is 9.75. The van der Waals surface area contributed by atoms with Gasteiger partial charge in [0, 0.05) is 31.7 Å². The maximum Gasteiger partial charge on any atom is 0.289 e. The van der Waals surface area contributed by atoms with Gasteiger partial charge in [0.15, 0.2) is 4.90 Å². The predicted molar refractivity (Wildman–Crippen MR) is 110 cm³/mol. The van der Waals surface area contributed by atoms with Gasteiger partial charge in [-0.1, -0.05) is 36.4 Å². The van der Waals surface area contributed by atoms with Crippen molar-refractivity contribution in [2.75, 3.05) is 26.7 Å². The molecule has 2 aliphatic heterocycles. The summed E-state index contributed by atoms with van der Waals surface area (Å²) in [7, 11) is -1.75. The monoisotopic (exact) mass is 415 g/mol. The number of nitro benzene ring substituents is 1. The van der Waals surface area contributed by atoms with Crippen LogP contribution in [0.1, 0.15) is 30.0 Å². The van der Waals surface area contributed by atoms with Crippen LogP contribution in [0.5, 0.6) is 0 Å². The third kappa shape index (κ3) is 3.68. The first-order valence-electron chi connectivity index (χ1n) is 9.91. The lowest BCUT2D eigenvalue weighted by Crippen LogP contribution is -2.44. The number of rotatable bonds is 4. The van der Waals surface area contributed by atoms with Crippen LogP contribution in [0.15, 0.2) is 53.4 Å². The van der Waals surface area contributed by atoms with Crippen LogP contribution in [0, 0.1) is 16.0 Å². The minimum atomic E-state index is -3.89. The molecule has 7 nitrogen and oxygen atoms in total. The molecule has 0 saturated carbocycles. The second-order valence-electron chi connectivity index (χ2n) is 7.84. The molecule has 2 aromatic carbocycles. The molecule has 1 unspecified atom stereocenters. The zero-order chi connectivity index (χ0) is 20.6. The number of sulfonamides is 1. The fourth-order valence-electron chi connectivity index (χ4n) is 4.73. The normalized spacial score (nSPS) is 21.6. The molecule has 0 N–H and O–H groups in total. The molecule has 0 bridgehead atoms. The number of likely N-dealkylation sites (N-methyl/N-ethyl adjacent to an activating group) is 1. The molecule has 1 atom stereocenters. The molecule has 0 aliphatic carbocycles. The molecule has 2 aliphatic rings. The first kappa shape index (κ1) is 20.0. The van der Waals surface area contributed by atoms with E-state index in [0.29, 0.717) is 19.0 Å². The van der Waals surface area contributed by atoms with Crippen molar-refractivity contribution in [3.8, 4) is 0 Å². The largest absolute Gasteiger partial charge is 0.299 e. The Kier molecular flexibility index (Phi) is 5.42. The second kappa shape index (κ2) is 7.85. The summed E-state index contributed by atoms with van der Waals surface area (Å²) >= 11 is 0. The van der Waals surface area contributed by atoms with E-state index in [-0.39, 0.29) is 16.6 Å². The Hall–Kier alpha value is -2.29. The van der Waals surface area contributed by atoms with Crippen LogP contribution in [0.2, 0.25) is 0 Å². The summed E-state index contributed by atoms with van der Waals surface area (Å²) in [5.74, 6) is 0.360. The molecule has 154 valence electrons. The number of nitrogens with zero attached hydrogens (tertiary/aromatic N) is 3. The zero-order valence-corrected chi connectivity index (χ0v) is 17.2. The van der Waals surface area contributed by atoms with Gasteiger partial charge in [0.05, 0.1) is 4.92 Å². The summed E-state index contributed by atoms with van der Waals surface area (Å²) < 4.78 is 27.5. The lowest BCUT2D eigenvalue weighted by Gasteiger charge is -2.42. The van der Waals surface area contributed by atoms with Crippen LogP contribution in [-0.2, 0) is 16.4 Å². The first-order valence-corrected chi connectivity index (χ1v) is 11.3. The quantitative estimate of drug-likeness (QED) is 0.565. The van der Waals surface area contributed by atoms with E-state index in [4.69, 9.17) is 0 Å². The standard InChI is InChI=1S/C21H25N3O4S/c1-22-13-10-16-6-2-3-7-18(16)21(22)17-11-14-23(15-12-17)29(27,28)20-9-5-4-8-19(20)24(25)26/h2-9,17,21H,10-15H2,1H3. The van der Waals surface area contributed by atoms with Gasteiger partial charge in [-0.2, -0.15) is 4.31 Å². The number of benzene rings is 2. The molecule has 0 amide bonds. The molecule has 29 heavy (non-hydrogen) atoms. The molecule has 0 aromatic heterocycles. The molecular formula is C21H25N3O4S. The molecule has 0 spiro atoms. The van der Waals surface area contributed by atoms with Crippen LogP contribution >= 0.6 is 0 Å². The minimum absolute atomic E-state index is 0.219. The van der Waals surface area contributed by atoms with Crippen LogP contribution in [0.3, 0.4) is 0 Å². The van der Waals surface area contributed by atoms with Gasteiger partial charge in [0.1, 0.15) is 0 Å². The minimum Gasteiger partial charge on any atom is -0.299 e. The van der Waals surface area contributed by atoms with Crippen LogP contribution in [0.25, 0.3) is 0 Å². The van der Waals surface area contributed by atoms with Gasteiger partial charge in [-0.3, -0.25) is 15.0 Å². The number of hydrogen-bond acceptors (Lipinski definition) is 5. The van der Waals surface area contributed by atoms with Gasteiger partial charge in [0.2, 0.25) is 10.0 Å². The van der Waals surface area contributed by atoms with E-state index in [1.54, 1.807) is 0 Å². The summed E-state index contributed by atoms with van der Waals surface area (Å²) in [5.41, 5.74) is 2.36. The first-order chi connectivity index (χ1) is 13.9. The molecule has 8 heteroatoms. The van der Waals surface area contributed by atoms with Crippen molar-refractivity contribution < 1.29 is 13.3 Å². The van der Waals surface area contributed by atoms with E-state index < -0.39 is 14.9 Å². The Morgan fingerprint density at radius 3 is 2.38 bits per heavy atom. The number of fused-ring (bicyclic) bond motifs is 1. The number of para-hydroxylation sites is 1. The van der Waals surface area contributed by atoms with Crippen molar-refractivity contribution in [3.05, 3.63) is 69.8 Å². The van der Waals surface area contributed by atoms with E-state index in [9.17, 15) is 18.5 Å². The Morgan fingerprint density at radius 2 is 1.66 bits per heavy atom. The number of hydrogen-bond donors (Lipinski definition) is 0. The SMILES string of the molecule is CN1CCc2ccccc2C1C1CCN(S(=O)(=O)c2ccccc2[N+](=O)[O-])CC1. The highest BCUT2D eigenvalue weighted by molar-refractivity contribution is 7.89. The Bertz CT molecular complexity index is 1020. The predicted octanol–water partition coefficient (Wildman–Crippen LogP) is 3.22. The highest BCUT2D eigenvalue weighted by atomic mass is 32.2. The molecule has 1 fully saturated rings. The maximum absolute atomic E-state index is 13.1. The third-order valence-corrected chi connectivity index (χ3v) is 8.15. The van der Waals surface area contributed by atoms with Crippen LogP contribution < -0.4 is 0 Å². The van der Waals surface area contributed by atoms with Crippen molar-refractivity contribution in [3.63, 3.8) is 0 Å². The van der Waals surface area contributed by atoms with Crippen LogP contribution in [0.4, 0.5) is 5.69 Å². The summed E-state index contributed by atoms with van der Waals surface area (Å²) in [6, 6.07) is 14.4. The summed E-state index contributed by atoms with van der Waals surface area (Å²) in [4.78, 5) is 12.8. The van der Waals surface area contributed by atoms with Crippen LogP contribution in [-0.4, -0.2) is 49.2 Å². The van der Waals surface area contributed by atoms with Gasteiger partial charge >= 0.3 is 0 Å². The molecular weight excluding hydrogens is 390 g/mol. The topological polar surface area (TPSA) is 83.8 Å². The van der Waals surface area contributed by atoms with E-state index in [2.05, 4.69) is 36.2 Å². The lowest BCUT2D eigenvalue weighted by atomic mass is 9.80. The maximum atomic E-state index is 13.1. The van der Waals surface area contributed by atoms with Gasteiger partial charge in [-0.15, -0.1) is 0 Å². The van der Waals surface area contributed by atoms with Crippen molar-refractivity contribution in [1.29, 1.82) is 0 Å². The van der Waals surface area contributed by atoms with Gasteiger partial charge < -0.3 is 0 Å². The van der Waals surface area contributed by atoms with Gasteiger partial charge in [-0.05, 0) is 49.4 Å². The average Bonchev–Trinajstić information content (AvgIpc) is 2.74. The summed E-state index contributed by atoms with van der Waals surface area (Å²) in [6.45, 7) is 1.76. The fourth-order valence-corrected chi connectivity index (χ4v) is 6.36. The fraction of sp³-hybridized carbons (Fsp3) is 0.429. The molecule has 2 heterocycles. The van der Waals surface area contributed by atoms with Gasteiger partial charge in [-0.25, -0.2) is 8.42 Å². The number of nitro groups is 1. The molecule has 1 saturated heterocycles. The highest BCUT2D eigenvalue weighted by Crippen LogP contribution is 2.40. The van der Waals surface area contributed by atoms with E-state index in [1.165, 1.54) is 39.7 Å².